The van der Waals surface area contributed by atoms with Crippen molar-refractivity contribution in [3.8, 4) is 0 Å². The van der Waals surface area contributed by atoms with Crippen molar-refractivity contribution in [2.75, 3.05) is 7.11 Å². The molecular formula is C17H33NO2. The van der Waals surface area contributed by atoms with Gasteiger partial charge >= 0.3 is 0 Å². The second kappa shape index (κ2) is 6.93. The Morgan fingerprint density at radius 2 is 1.70 bits per heavy atom. The maximum atomic E-state index is 13.1. The molecule has 0 saturated carbocycles. The molecule has 118 valence electrons. The van der Waals surface area contributed by atoms with Crippen LogP contribution in [-0.2, 0) is 9.53 Å². The summed E-state index contributed by atoms with van der Waals surface area (Å²) in [6, 6.07) is 0.706. The summed E-state index contributed by atoms with van der Waals surface area (Å²) >= 11 is 0. The van der Waals surface area contributed by atoms with E-state index in [0.29, 0.717) is 29.8 Å². The Morgan fingerprint density at radius 3 is 2.10 bits per heavy atom. The Morgan fingerprint density at radius 1 is 1.15 bits per heavy atom. The summed E-state index contributed by atoms with van der Waals surface area (Å²) in [4.78, 5) is 15.3. The summed E-state index contributed by atoms with van der Waals surface area (Å²) in [5.74, 6) is 1.63. The number of carbonyl (C=O) groups is 1. The molecule has 0 radical (unpaired) electrons. The molecule has 1 amide bonds. The van der Waals surface area contributed by atoms with E-state index in [2.05, 4.69) is 46.4 Å². The number of methoxy groups -OCH3 is 1. The lowest BCUT2D eigenvalue weighted by molar-refractivity contribution is -0.145. The third kappa shape index (κ3) is 3.36. The summed E-state index contributed by atoms with van der Waals surface area (Å²) in [7, 11) is 1.70. The molecule has 0 N–H and O–H groups in total. The van der Waals surface area contributed by atoms with Gasteiger partial charge in [0.15, 0.2) is 0 Å². The van der Waals surface area contributed by atoms with E-state index in [4.69, 9.17) is 4.74 Å². The van der Waals surface area contributed by atoms with Gasteiger partial charge in [0.1, 0.15) is 0 Å². The average Bonchev–Trinajstić information content (AvgIpc) is 2.65. The van der Waals surface area contributed by atoms with Gasteiger partial charge in [-0.05, 0) is 38.0 Å². The minimum atomic E-state index is -0.0472. The van der Waals surface area contributed by atoms with Crippen molar-refractivity contribution in [1.82, 2.24) is 4.90 Å². The quantitative estimate of drug-likeness (QED) is 0.772. The molecule has 0 aliphatic carbocycles. The molecule has 3 nitrogen and oxygen atoms in total. The lowest BCUT2D eigenvalue weighted by Gasteiger charge is -2.37. The van der Waals surface area contributed by atoms with E-state index >= 15 is 0 Å². The zero-order chi connectivity index (χ0) is 15.6. The van der Waals surface area contributed by atoms with Crippen LogP contribution in [0.2, 0.25) is 0 Å². The Kier molecular flexibility index (Phi) is 6.06. The highest BCUT2D eigenvalue weighted by Gasteiger charge is 2.44. The summed E-state index contributed by atoms with van der Waals surface area (Å²) in [6.45, 7) is 15.1. The summed E-state index contributed by atoms with van der Waals surface area (Å²) in [5.41, 5.74) is 0. The van der Waals surface area contributed by atoms with Gasteiger partial charge in [-0.25, -0.2) is 0 Å². The molecule has 0 spiro atoms. The van der Waals surface area contributed by atoms with E-state index in [9.17, 15) is 4.79 Å². The number of hydrogen-bond acceptors (Lipinski definition) is 2. The molecule has 1 saturated heterocycles. The van der Waals surface area contributed by atoms with Gasteiger partial charge in [0, 0.05) is 19.2 Å². The molecule has 0 aromatic carbocycles. The standard InChI is InChI=1S/C17H33NO2/c1-10(2)15-9-12(5)13(6)18(15)17(19)16(11(3)4)14(7)20-8/h10-16H,9H2,1-8H3/t12?,13?,14?,15-,16?/m0/s1. The molecule has 0 aromatic rings. The molecule has 1 rings (SSSR count). The average molecular weight is 283 g/mol. The molecular weight excluding hydrogens is 250 g/mol. The van der Waals surface area contributed by atoms with Crippen molar-refractivity contribution in [3.05, 3.63) is 0 Å². The largest absolute Gasteiger partial charge is 0.381 e. The van der Waals surface area contributed by atoms with E-state index in [-0.39, 0.29) is 17.9 Å². The number of hydrogen-bond donors (Lipinski definition) is 0. The van der Waals surface area contributed by atoms with Gasteiger partial charge in [0.25, 0.3) is 0 Å². The van der Waals surface area contributed by atoms with E-state index in [1.54, 1.807) is 7.11 Å². The lowest BCUT2D eigenvalue weighted by Crippen LogP contribution is -2.49. The molecule has 4 unspecified atom stereocenters. The topological polar surface area (TPSA) is 29.5 Å². The van der Waals surface area contributed by atoms with Crippen LogP contribution in [0.3, 0.4) is 0 Å². The van der Waals surface area contributed by atoms with E-state index in [1.807, 2.05) is 6.92 Å². The van der Waals surface area contributed by atoms with Crippen molar-refractivity contribution in [3.63, 3.8) is 0 Å². The van der Waals surface area contributed by atoms with Crippen LogP contribution in [0.1, 0.15) is 54.9 Å². The Hall–Kier alpha value is -0.570. The van der Waals surface area contributed by atoms with Crippen LogP contribution in [0, 0.1) is 23.7 Å². The fraction of sp³-hybridized carbons (Fsp3) is 0.941. The first-order chi connectivity index (χ1) is 9.22. The zero-order valence-corrected chi connectivity index (χ0v) is 14.5. The SMILES string of the molecule is COC(C)C(C(=O)N1C(C)C(C)C[C@H]1C(C)C)C(C)C. The van der Waals surface area contributed by atoms with Crippen molar-refractivity contribution < 1.29 is 9.53 Å². The van der Waals surface area contributed by atoms with Crippen LogP contribution in [-0.4, -0.2) is 36.1 Å². The minimum absolute atomic E-state index is 0.0292. The molecule has 1 aliphatic heterocycles. The second-order valence-corrected chi connectivity index (χ2v) is 7.22. The summed E-state index contributed by atoms with van der Waals surface area (Å²) in [6.07, 6.45) is 1.09. The van der Waals surface area contributed by atoms with Gasteiger partial charge in [-0.2, -0.15) is 0 Å². The monoisotopic (exact) mass is 283 g/mol. The molecule has 1 aliphatic rings. The van der Waals surface area contributed by atoms with Crippen LogP contribution < -0.4 is 0 Å². The fourth-order valence-corrected chi connectivity index (χ4v) is 3.57. The molecule has 5 atom stereocenters. The highest BCUT2D eigenvalue weighted by Crippen LogP contribution is 2.36. The van der Waals surface area contributed by atoms with Crippen molar-refractivity contribution >= 4 is 5.91 Å². The number of rotatable bonds is 5. The molecule has 3 heteroatoms. The van der Waals surface area contributed by atoms with Crippen molar-refractivity contribution in [2.24, 2.45) is 23.7 Å². The number of amides is 1. The van der Waals surface area contributed by atoms with E-state index < -0.39 is 0 Å². The Balaban J connectivity index is 3.02. The maximum Gasteiger partial charge on any atom is 0.229 e. The molecule has 1 fully saturated rings. The first kappa shape index (κ1) is 17.5. The third-order valence-electron chi connectivity index (χ3n) is 5.14. The predicted octanol–water partition coefficient (Wildman–Crippen LogP) is 3.58. The smallest absolute Gasteiger partial charge is 0.229 e. The zero-order valence-electron chi connectivity index (χ0n) is 14.5. The van der Waals surface area contributed by atoms with E-state index in [1.165, 1.54) is 0 Å². The summed E-state index contributed by atoms with van der Waals surface area (Å²) in [5, 5.41) is 0. The molecule has 0 bridgehead atoms. The van der Waals surface area contributed by atoms with Crippen molar-refractivity contribution in [2.45, 2.75) is 73.1 Å². The van der Waals surface area contributed by atoms with Crippen LogP contribution >= 0.6 is 0 Å². The molecule has 1 heterocycles. The van der Waals surface area contributed by atoms with Crippen LogP contribution in [0.25, 0.3) is 0 Å². The highest BCUT2D eigenvalue weighted by atomic mass is 16.5. The maximum absolute atomic E-state index is 13.1. The fourth-order valence-electron chi connectivity index (χ4n) is 3.57. The molecule has 0 aromatic heterocycles. The highest BCUT2D eigenvalue weighted by molar-refractivity contribution is 5.80. The van der Waals surface area contributed by atoms with Gasteiger partial charge in [-0.1, -0.05) is 34.6 Å². The second-order valence-electron chi connectivity index (χ2n) is 7.22. The van der Waals surface area contributed by atoms with Crippen LogP contribution in [0.4, 0.5) is 0 Å². The predicted molar refractivity (Wildman–Crippen MR) is 83.5 cm³/mol. The number of ether oxygens (including phenoxy) is 1. The van der Waals surface area contributed by atoms with Crippen molar-refractivity contribution in [1.29, 1.82) is 0 Å². The minimum Gasteiger partial charge on any atom is -0.381 e. The Labute approximate surface area is 125 Å². The Bertz CT molecular complexity index is 327. The van der Waals surface area contributed by atoms with Gasteiger partial charge in [-0.3, -0.25) is 4.79 Å². The van der Waals surface area contributed by atoms with Crippen LogP contribution in [0.5, 0.6) is 0 Å². The van der Waals surface area contributed by atoms with Crippen LogP contribution in [0.15, 0.2) is 0 Å². The van der Waals surface area contributed by atoms with Gasteiger partial charge < -0.3 is 9.64 Å². The first-order valence-corrected chi connectivity index (χ1v) is 8.07. The number of carbonyl (C=O) groups excluding carboxylic acids is 1. The number of likely N-dealkylation sites (tertiary alicyclic amines) is 1. The summed E-state index contributed by atoms with van der Waals surface area (Å²) < 4.78 is 5.46. The molecule has 20 heavy (non-hydrogen) atoms. The van der Waals surface area contributed by atoms with Gasteiger partial charge in [0.2, 0.25) is 5.91 Å². The lowest BCUT2D eigenvalue weighted by atomic mass is 9.88. The third-order valence-corrected chi connectivity index (χ3v) is 5.14. The van der Waals surface area contributed by atoms with E-state index in [0.717, 1.165) is 6.42 Å². The normalized spacial score (nSPS) is 30.1. The van der Waals surface area contributed by atoms with Gasteiger partial charge in [-0.15, -0.1) is 0 Å². The van der Waals surface area contributed by atoms with Gasteiger partial charge in [0.05, 0.1) is 12.0 Å². The first-order valence-electron chi connectivity index (χ1n) is 8.07. The number of nitrogens with zero attached hydrogens (tertiary/aromatic N) is 1.